The second-order valence-corrected chi connectivity index (χ2v) is 5.97. The summed E-state index contributed by atoms with van der Waals surface area (Å²) in [5, 5.41) is 12.7. The number of alkyl carbamates (subject to hydrolysis) is 1. The maximum atomic E-state index is 11.7. The van der Waals surface area contributed by atoms with Crippen LogP contribution in [0.4, 0.5) is 4.79 Å². The molecule has 0 unspecified atom stereocenters. The number of carbonyl (C=O) groups is 2. The topological polar surface area (TPSA) is 80.6 Å². The van der Waals surface area contributed by atoms with E-state index < -0.39 is 12.1 Å². The molecule has 0 saturated heterocycles. The average molecular weight is 364 g/mol. The molecule has 27 heavy (non-hydrogen) atoms. The number of carboxylic acids is 1. The van der Waals surface area contributed by atoms with Gasteiger partial charge in [-0.3, -0.25) is 4.79 Å². The molecule has 1 aromatic heterocycles. The van der Waals surface area contributed by atoms with Crippen molar-refractivity contribution in [2.24, 2.45) is 0 Å². The van der Waals surface area contributed by atoms with Crippen LogP contribution in [0.5, 0.6) is 0 Å². The van der Waals surface area contributed by atoms with Crippen LogP contribution in [0.3, 0.4) is 0 Å². The highest BCUT2D eigenvalue weighted by Crippen LogP contribution is 2.22. The number of amides is 1. The van der Waals surface area contributed by atoms with Gasteiger partial charge in [0.25, 0.3) is 0 Å². The van der Waals surface area contributed by atoms with Gasteiger partial charge in [0, 0.05) is 23.6 Å². The van der Waals surface area contributed by atoms with E-state index in [1.54, 1.807) is 16.8 Å². The van der Waals surface area contributed by atoms with E-state index >= 15 is 0 Å². The molecule has 0 spiro atoms. The summed E-state index contributed by atoms with van der Waals surface area (Å²) in [4.78, 5) is 22.7. The number of hydrogen-bond acceptors (Lipinski definition) is 3. The van der Waals surface area contributed by atoms with E-state index in [0.717, 1.165) is 22.0 Å². The molecule has 3 rings (SSSR count). The fraction of sp³-hybridized carbons (Fsp3) is 0.143. The summed E-state index contributed by atoms with van der Waals surface area (Å²) in [7, 11) is 0. The highest BCUT2D eigenvalue weighted by molar-refractivity contribution is 5.90. The van der Waals surface area contributed by atoms with Gasteiger partial charge in [-0.15, -0.1) is 0 Å². The first-order valence-corrected chi connectivity index (χ1v) is 8.54. The number of aliphatic carboxylic acids is 1. The number of ether oxygens (including phenoxy) is 1. The van der Waals surface area contributed by atoms with Gasteiger partial charge in [0.15, 0.2) is 0 Å². The monoisotopic (exact) mass is 364 g/mol. The number of aromatic nitrogens is 1. The van der Waals surface area contributed by atoms with Crippen LogP contribution in [0.1, 0.15) is 11.1 Å². The molecule has 1 heterocycles. The van der Waals surface area contributed by atoms with E-state index in [1.165, 1.54) is 0 Å². The van der Waals surface area contributed by atoms with Crippen LogP contribution >= 0.6 is 0 Å². The van der Waals surface area contributed by atoms with Gasteiger partial charge in [0.1, 0.15) is 13.2 Å². The highest BCUT2D eigenvalue weighted by atomic mass is 16.5. The van der Waals surface area contributed by atoms with Crippen LogP contribution in [0, 0.1) is 0 Å². The molecule has 0 aliphatic rings. The summed E-state index contributed by atoms with van der Waals surface area (Å²) in [6.45, 7) is 0.434. The summed E-state index contributed by atoms with van der Waals surface area (Å²) >= 11 is 0. The second kappa shape index (κ2) is 8.71. The van der Waals surface area contributed by atoms with Crippen LogP contribution in [0.2, 0.25) is 0 Å². The SMILES string of the molecule is O=C(O)Cn1cc(C=CCNC(=O)OCc2ccccc2)c2ccccc21. The lowest BCUT2D eigenvalue weighted by Crippen LogP contribution is -2.24. The zero-order valence-corrected chi connectivity index (χ0v) is 14.7. The maximum absolute atomic E-state index is 11.7. The first-order chi connectivity index (χ1) is 13.1. The number of nitrogens with zero attached hydrogens (tertiary/aromatic N) is 1. The van der Waals surface area contributed by atoms with Crippen LogP contribution in [-0.4, -0.2) is 28.3 Å². The van der Waals surface area contributed by atoms with Gasteiger partial charge >= 0.3 is 12.1 Å². The molecular weight excluding hydrogens is 344 g/mol. The molecule has 0 fully saturated rings. The molecule has 6 heteroatoms. The van der Waals surface area contributed by atoms with Gasteiger partial charge in [-0.2, -0.15) is 0 Å². The maximum Gasteiger partial charge on any atom is 0.407 e. The Morgan fingerprint density at radius 1 is 1.07 bits per heavy atom. The molecule has 2 N–H and O–H groups in total. The smallest absolute Gasteiger partial charge is 0.407 e. The number of carboxylic acid groups (broad SMARTS) is 1. The molecule has 0 atom stereocenters. The van der Waals surface area contributed by atoms with Crippen LogP contribution < -0.4 is 5.32 Å². The summed E-state index contributed by atoms with van der Waals surface area (Å²) in [5.74, 6) is -0.894. The quantitative estimate of drug-likeness (QED) is 0.670. The first kappa shape index (κ1) is 18.3. The molecule has 0 radical (unpaired) electrons. The summed E-state index contributed by atoms with van der Waals surface area (Å²) in [5.41, 5.74) is 2.68. The Kier molecular flexibility index (Phi) is 5.89. The van der Waals surface area contributed by atoms with E-state index in [0.29, 0.717) is 6.54 Å². The molecular formula is C21H20N2O4. The molecule has 0 saturated carbocycles. The van der Waals surface area contributed by atoms with E-state index in [4.69, 9.17) is 9.84 Å². The third-order valence-electron chi connectivity index (χ3n) is 4.00. The number of fused-ring (bicyclic) bond motifs is 1. The predicted octanol–water partition coefficient (Wildman–Crippen LogP) is 3.67. The lowest BCUT2D eigenvalue weighted by atomic mass is 10.1. The number of carbonyl (C=O) groups excluding carboxylic acids is 1. The zero-order chi connectivity index (χ0) is 19.1. The molecule has 3 aromatic rings. The number of para-hydroxylation sites is 1. The summed E-state index contributed by atoms with van der Waals surface area (Å²) in [6.07, 6.45) is 4.97. The second-order valence-electron chi connectivity index (χ2n) is 5.97. The zero-order valence-electron chi connectivity index (χ0n) is 14.7. The lowest BCUT2D eigenvalue weighted by molar-refractivity contribution is -0.137. The van der Waals surface area contributed by atoms with Gasteiger partial charge in [-0.1, -0.05) is 60.7 Å². The van der Waals surface area contributed by atoms with Crippen LogP contribution in [0.25, 0.3) is 17.0 Å². The fourth-order valence-corrected chi connectivity index (χ4v) is 2.79. The summed E-state index contributed by atoms with van der Waals surface area (Å²) < 4.78 is 6.84. The Bertz CT molecular complexity index is 961. The van der Waals surface area contributed by atoms with Crippen LogP contribution in [0.15, 0.2) is 66.9 Å². The van der Waals surface area contributed by atoms with E-state index in [2.05, 4.69) is 5.32 Å². The van der Waals surface area contributed by atoms with Crippen molar-refractivity contribution >= 4 is 29.0 Å². The molecule has 1 amide bonds. The Morgan fingerprint density at radius 3 is 2.59 bits per heavy atom. The van der Waals surface area contributed by atoms with Gasteiger partial charge in [0.2, 0.25) is 0 Å². The lowest BCUT2D eigenvalue weighted by Gasteiger charge is -2.05. The van der Waals surface area contributed by atoms with Crippen molar-refractivity contribution in [1.29, 1.82) is 0 Å². The number of hydrogen-bond donors (Lipinski definition) is 2. The van der Waals surface area contributed by atoms with E-state index in [1.807, 2.05) is 60.7 Å². The van der Waals surface area contributed by atoms with Crippen molar-refractivity contribution < 1.29 is 19.4 Å². The molecule has 6 nitrogen and oxygen atoms in total. The highest BCUT2D eigenvalue weighted by Gasteiger charge is 2.08. The fourth-order valence-electron chi connectivity index (χ4n) is 2.79. The van der Waals surface area contributed by atoms with Crippen molar-refractivity contribution in [1.82, 2.24) is 9.88 Å². The minimum atomic E-state index is -0.894. The van der Waals surface area contributed by atoms with Crippen molar-refractivity contribution in [2.45, 2.75) is 13.2 Å². The molecule has 0 aliphatic carbocycles. The minimum Gasteiger partial charge on any atom is -0.480 e. The molecule has 0 bridgehead atoms. The normalized spacial score (nSPS) is 11.0. The summed E-state index contributed by atoms with van der Waals surface area (Å²) in [6, 6.07) is 17.1. The van der Waals surface area contributed by atoms with Gasteiger partial charge in [-0.05, 0) is 17.2 Å². The Labute approximate surface area is 156 Å². The van der Waals surface area contributed by atoms with Crippen molar-refractivity contribution in [2.75, 3.05) is 6.54 Å². The standard InChI is InChI=1S/C21H20N2O4/c24-20(25)14-23-13-17(18-10-4-5-11-19(18)23)9-6-12-22-21(26)27-15-16-7-2-1-3-8-16/h1-11,13H,12,14-15H2,(H,22,26)(H,24,25). The third-order valence-corrected chi connectivity index (χ3v) is 4.00. The third kappa shape index (κ3) is 4.98. The molecule has 138 valence electrons. The predicted molar refractivity (Wildman–Crippen MR) is 103 cm³/mol. The molecule has 2 aromatic carbocycles. The molecule has 0 aliphatic heterocycles. The van der Waals surface area contributed by atoms with Gasteiger partial charge in [-0.25, -0.2) is 4.79 Å². The van der Waals surface area contributed by atoms with Crippen molar-refractivity contribution in [3.05, 3.63) is 78.0 Å². The van der Waals surface area contributed by atoms with Crippen LogP contribution in [-0.2, 0) is 22.7 Å². The van der Waals surface area contributed by atoms with E-state index in [9.17, 15) is 9.59 Å². The minimum absolute atomic E-state index is 0.0988. The first-order valence-electron chi connectivity index (χ1n) is 8.54. The Balaban J connectivity index is 1.56. The number of benzene rings is 2. The Hall–Kier alpha value is -3.54. The average Bonchev–Trinajstić information content (AvgIpc) is 3.01. The van der Waals surface area contributed by atoms with E-state index in [-0.39, 0.29) is 13.2 Å². The van der Waals surface area contributed by atoms with Crippen molar-refractivity contribution in [3.63, 3.8) is 0 Å². The number of rotatable bonds is 7. The largest absolute Gasteiger partial charge is 0.480 e. The Morgan fingerprint density at radius 2 is 1.81 bits per heavy atom. The number of nitrogens with one attached hydrogen (secondary N) is 1. The van der Waals surface area contributed by atoms with Crippen molar-refractivity contribution in [3.8, 4) is 0 Å². The van der Waals surface area contributed by atoms with Gasteiger partial charge in [0.05, 0.1) is 0 Å². The van der Waals surface area contributed by atoms with Gasteiger partial charge < -0.3 is 19.7 Å².